The number of hydrogen-bond acceptors (Lipinski definition) is 2. The fourth-order valence-electron chi connectivity index (χ4n) is 2.05. The Morgan fingerprint density at radius 3 is 2.26 bits per heavy atom. The summed E-state index contributed by atoms with van der Waals surface area (Å²) in [5.74, 6) is -0.424. The molecule has 0 radical (unpaired) electrons. The zero-order valence-electron chi connectivity index (χ0n) is 11.9. The molecule has 1 rings (SSSR count). The quantitative estimate of drug-likeness (QED) is 0.558. The number of rotatable bonds is 8. The Morgan fingerprint density at radius 1 is 1.21 bits per heavy atom. The lowest BCUT2D eigenvalue weighted by Crippen LogP contribution is -2.28. The van der Waals surface area contributed by atoms with Crippen molar-refractivity contribution in [3.05, 3.63) is 29.6 Å². The molecule has 1 aromatic rings. The predicted molar refractivity (Wildman–Crippen MR) is 79.4 cm³/mol. The third-order valence-electron chi connectivity index (χ3n) is 3.15. The first-order valence-electron chi connectivity index (χ1n) is 6.99. The first kappa shape index (κ1) is 15.5. The summed E-state index contributed by atoms with van der Waals surface area (Å²) in [6, 6.07) is 4.52. The molecule has 106 valence electrons. The van der Waals surface area contributed by atoms with Gasteiger partial charge in [-0.3, -0.25) is 5.41 Å². The number of anilines is 1. The van der Waals surface area contributed by atoms with Crippen LogP contribution >= 0.6 is 0 Å². The van der Waals surface area contributed by atoms with E-state index < -0.39 is 0 Å². The summed E-state index contributed by atoms with van der Waals surface area (Å²) in [7, 11) is 0. The smallest absolute Gasteiger partial charge is 0.125 e. The van der Waals surface area contributed by atoms with Gasteiger partial charge in [-0.15, -0.1) is 0 Å². The Labute approximate surface area is 115 Å². The lowest BCUT2D eigenvalue weighted by Gasteiger charge is -2.27. The first-order valence-corrected chi connectivity index (χ1v) is 6.99. The van der Waals surface area contributed by atoms with Crippen molar-refractivity contribution in [1.82, 2.24) is 0 Å². The fraction of sp³-hybridized carbons (Fsp3) is 0.533. The van der Waals surface area contributed by atoms with E-state index in [9.17, 15) is 4.39 Å². The molecule has 0 saturated carbocycles. The number of benzene rings is 1. The van der Waals surface area contributed by atoms with Gasteiger partial charge in [0, 0.05) is 24.3 Å². The van der Waals surface area contributed by atoms with Crippen LogP contribution in [-0.4, -0.2) is 18.9 Å². The van der Waals surface area contributed by atoms with Crippen LogP contribution in [0.25, 0.3) is 0 Å². The molecule has 0 aliphatic heterocycles. The Kier molecular flexibility index (Phi) is 6.33. The average Bonchev–Trinajstić information content (AvgIpc) is 2.39. The van der Waals surface area contributed by atoms with E-state index in [-0.39, 0.29) is 11.7 Å². The van der Waals surface area contributed by atoms with Crippen LogP contribution in [0.5, 0.6) is 0 Å². The highest BCUT2D eigenvalue weighted by atomic mass is 19.1. The molecule has 0 spiro atoms. The van der Waals surface area contributed by atoms with Crippen molar-refractivity contribution in [2.24, 2.45) is 5.73 Å². The highest BCUT2D eigenvalue weighted by Gasteiger charge is 2.13. The van der Waals surface area contributed by atoms with E-state index in [0.717, 1.165) is 44.5 Å². The number of nitrogens with one attached hydrogen (secondary N) is 1. The highest BCUT2D eigenvalue weighted by molar-refractivity contribution is 6.00. The maximum atomic E-state index is 13.3. The minimum Gasteiger partial charge on any atom is -0.384 e. The topological polar surface area (TPSA) is 53.1 Å². The highest BCUT2D eigenvalue weighted by Crippen LogP contribution is 2.22. The van der Waals surface area contributed by atoms with E-state index >= 15 is 0 Å². The summed E-state index contributed by atoms with van der Waals surface area (Å²) >= 11 is 0. The van der Waals surface area contributed by atoms with Crippen LogP contribution in [0, 0.1) is 11.2 Å². The second kappa shape index (κ2) is 7.77. The molecule has 0 aromatic heterocycles. The van der Waals surface area contributed by atoms with Crippen LogP contribution in [0.15, 0.2) is 18.2 Å². The van der Waals surface area contributed by atoms with Crippen molar-refractivity contribution in [2.45, 2.75) is 39.5 Å². The van der Waals surface area contributed by atoms with Crippen molar-refractivity contribution in [3.8, 4) is 0 Å². The Morgan fingerprint density at radius 2 is 1.79 bits per heavy atom. The zero-order chi connectivity index (χ0) is 14.3. The third-order valence-corrected chi connectivity index (χ3v) is 3.15. The van der Waals surface area contributed by atoms with Gasteiger partial charge >= 0.3 is 0 Å². The minimum atomic E-state index is -0.347. The normalized spacial score (nSPS) is 10.5. The van der Waals surface area contributed by atoms with E-state index in [2.05, 4.69) is 18.7 Å². The van der Waals surface area contributed by atoms with Crippen LogP contribution in [0.2, 0.25) is 0 Å². The molecule has 3 nitrogen and oxygen atoms in total. The Hall–Kier alpha value is -1.58. The van der Waals surface area contributed by atoms with Crippen LogP contribution in [0.1, 0.15) is 45.1 Å². The van der Waals surface area contributed by atoms with Crippen molar-refractivity contribution in [2.75, 3.05) is 18.0 Å². The van der Waals surface area contributed by atoms with Gasteiger partial charge in [-0.2, -0.15) is 0 Å². The lowest BCUT2D eigenvalue weighted by atomic mass is 10.1. The standard InChI is InChI=1S/C15H24FN3/c1-3-5-9-19(10-6-4-2)14-8-7-12(16)11-13(14)15(17)18/h7-8,11H,3-6,9-10H2,1-2H3,(H3,17,18). The molecule has 0 saturated heterocycles. The minimum absolute atomic E-state index is 0.0764. The van der Waals surface area contributed by atoms with Gasteiger partial charge in [0.2, 0.25) is 0 Å². The molecule has 4 heteroatoms. The molecular formula is C15H24FN3. The number of halogens is 1. The molecule has 0 bridgehead atoms. The molecular weight excluding hydrogens is 241 g/mol. The predicted octanol–water partition coefficient (Wildman–Crippen LogP) is 3.52. The second-order valence-electron chi connectivity index (χ2n) is 4.77. The van der Waals surface area contributed by atoms with Crippen LogP contribution in [-0.2, 0) is 0 Å². The molecule has 0 heterocycles. The van der Waals surface area contributed by atoms with Crippen LogP contribution in [0.3, 0.4) is 0 Å². The fourth-order valence-corrected chi connectivity index (χ4v) is 2.05. The summed E-state index contributed by atoms with van der Waals surface area (Å²) in [4.78, 5) is 2.21. The summed E-state index contributed by atoms with van der Waals surface area (Å²) in [6.45, 7) is 6.13. The molecule has 19 heavy (non-hydrogen) atoms. The molecule has 1 aromatic carbocycles. The number of hydrogen-bond donors (Lipinski definition) is 2. The van der Waals surface area contributed by atoms with Crippen molar-refractivity contribution in [1.29, 1.82) is 5.41 Å². The largest absolute Gasteiger partial charge is 0.384 e. The summed E-state index contributed by atoms with van der Waals surface area (Å²) in [5.41, 5.74) is 6.93. The van der Waals surface area contributed by atoms with Gasteiger partial charge in [0.05, 0.1) is 0 Å². The number of unbranched alkanes of at least 4 members (excludes halogenated alkanes) is 2. The van der Waals surface area contributed by atoms with Gasteiger partial charge in [-0.1, -0.05) is 26.7 Å². The van der Waals surface area contributed by atoms with Crippen LogP contribution < -0.4 is 10.6 Å². The molecule has 0 aliphatic carbocycles. The summed E-state index contributed by atoms with van der Waals surface area (Å²) in [6.07, 6.45) is 4.38. The van der Waals surface area contributed by atoms with E-state index in [1.165, 1.54) is 12.1 Å². The number of nitrogen functional groups attached to an aromatic ring is 1. The summed E-state index contributed by atoms with van der Waals surface area (Å²) in [5, 5.41) is 7.60. The van der Waals surface area contributed by atoms with Gasteiger partial charge in [-0.05, 0) is 31.0 Å². The van der Waals surface area contributed by atoms with Gasteiger partial charge in [0.15, 0.2) is 0 Å². The average molecular weight is 265 g/mol. The molecule has 0 aliphatic rings. The van der Waals surface area contributed by atoms with Gasteiger partial charge in [-0.25, -0.2) is 4.39 Å². The maximum Gasteiger partial charge on any atom is 0.125 e. The SMILES string of the molecule is CCCCN(CCCC)c1ccc(F)cc1C(=N)N. The van der Waals surface area contributed by atoms with E-state index in [4.69, 9.17) is 11.1 Å². The lowest BCUT2D eigenvalue weighted by molar-refractivity contribution is 0.625. The van der Waals surface area contributed by atoms with Gasteiger partial charge in [0.25, 0.3) is 0 Å². The number of nitrogens with zero attached hydrogens (tertiary/aromatic N) is 1. The zero-order valence-corrected chi connectivity index (χ0v) is 11.9. The third kappa shape index (κ3) is 4.54. The monoisotopic (exact) mass is 265 g/mol. The molecule has 0 unspecified atom stereocenters. The van der Waals surface area contributed by atoms with E-state index in [1.807, 2.05) is 0 Å². The van der Waals surface area contributed by atoms with E-state index in [0.29, 0.717) is 5.56 Å². The maximum absolute atomic E-state index is 13.3. The summed E-state index contributed by atoms with van der Waals surface area (Å²) < 4.78 is 13.3. The Balaban J connectivity index is 3.02. The van der Waals surface area contributed by atoms with Crippen molar-refractivity contribution >= 4 is 11.5 Å². The van der Waals surface area contributed by atoms with Gasteiger partial charge in [0.1, 0.15) is 11.7 Å². The van der Waals surface area contributed by atoms with E-state index in [1.54, 1.807) is 6.07 Å². The van der Waals surface area contributed by atoms with Crippen molar-refractivity contribution in [3.63, 3.8) is 0 Å². The van der Waals surface area contributed by atoms with Crippen LogP contribution in [0.4, 0.5) is 10.1 Å². The molecule has 0 amide bonds. The molecule has 3 N–H and O–H groups in total. The molecule has 0 fully saturated rings. The van der Waals surface area contributed by atoms with Crippen molar-refractivity contribution < 1.29 is 4.39 Å². The first-order chi connectivity index (χ1) is 9.10. The molecule has 0 atom stereocenters. The Bertz CT molecular complexity index is 410. The number of amidine groups is 1. The second-order valence-corrected chi connectivity index (χ2v) is 4.77. The van der Waals surface area contributed by atoms with Gasteiger partial charge < -0.3 is 10.6 Å². The number of nitrogens with two attached hydrogens (primary N) is 1.